The zero-order chi connectivity index (χ0) is 10.1. The summed E-state index contributed by atoms with van der Waals surface area (Å²) < 4.78 is 6.41. The number of halogens is 1. The summed E-state index contributed by atoms with van der Waals surface area (Å²) in [6.07, 6.45) is 2.55. The second kappa shape index (κ2) is 3.81. The van der Waals surface area contributed by atoms with Crippen LogP contribution in [0.4, 0.5) is 5.69 Å². The highest BCUT2D eigenvalue weighted by atomic mass is 79.9. The highest BCUT2D eigenvalue weighted by molar-refractivity contribution is 9.10. The fourth-order valence-corrected chi connectivity index (χ4v) is 2.04. The van der Waals surface area contributed by atoms with Crippen molar-refractivity contribution in [1.82, 2.24) is 0 Å². The molecule has 1 saturated carbocycles. The van der Waals surface area contributed by atoms with Crippen LogP contribution in [0.3, 0.4) is 0 Å². The second-order valence-corrected chi connectivity index (χ2v) is 4.63. The predicted octanol–water partition coefficient (Wildman–Crippen LogP) is 3.34. The first-order chi connectivity index (χ1) is 6.70. The Morgan fingerprint density at radius 3 is 2.71 bits per heavy atom. The Morgan fingerprint density at radius 1 is 1.43 bits per heavy atom. The van der Waals surface area contributed by atoms with Crippen LogP contribution in [0.1, 0.15) is 18.4 Å². The SMILES string of the molecule is COc1cc(Br)cc(C)c1NC1CC1. The lowest BCUT2D eigenvalue weighted by Gasteiger charge is -2.13. The highest BCUT2D eigenvalue weighted by Crippen LogP contribution is 2.35. The van der Waals surface area contributed by atoms with Crippen molar-refractivity contribution in [2.24, 2.45) is 0 Å². The fraction of sp³-hybridized carbons (Fsp3) is 0.455. The largest absolute Gasteiger partial charge is 0.495 e. The van der Waals surface area contributed by atoms with Gasteiger partial charge in [-0.1, -0.05) is 15.9 Å². The highest BCUT2D eigenvalue weighted by Gasteiger charge is 2.23. The van der Waals surface area contributed by atoms with Crippen LogP contribution in [-0.4, -0.2) is 13.2 Å². The number of methoxy groups -OCH3 is 1. The van der Waals surface area contributed by atoms with Crippen molar-refractivity contribution in [2.45, 2.75) is 25.8 Å². The minimum Gasteiger partial charge on any atom is -0.495 e. The molecule has 1 aliphatic rings. The van der Waals surface area contributed by atoms with Crippen LogP contribution in [0.2, 0.25) is 0 Å². The average Bonchev–Trinajstić information content (AvgIpc) is 2.93. The van der Waals surface area contributed by atoms with E-state index in [0.29, 0.717) is 6.04 Å². The van der Waals surface area contributed by atoms with E-state index >= 15 is 0 Å². The molecule has 14 heavy (non-hydrogen) atoms. The minimum atomic E-state index is 0.656. The lowest BCUT2D eigenvalue weighted by molar-refractivity contribution is 0.416. The van der Waals surface area contributed by atoms with E-state index in [2.05, 4.69) is 34.2 Å². The summed E-state index contributed by atoms with van der Waals surface area (Å²) in [6, 6.07) is 4.76. The molecule has 0 atom stereocenters. The van der Waals surface area contributed by atoms with E-state index < -0.39 is 0 Å². The van der Waals surface area contributed by atoms with Gasteiger partial charge in [0.2, 0.25) is 0 Å². The second-order valence-electron chi connectivity index (χ2n) is 3.72. The summed E-state index contributed by atoms with van der Waals surface area (Å²) in [5, 5.41) is 3.49. The van der Waals surface area contributed by atoms with Crippen LogP contribution in [-0.2, 0) is 0 Å². The lowest BCUT2D eigenvalue weighted by Crippen LogP contribution is -2.04. The zero-order valence-corrected chi connectivity index (χ0v) is 10.0. The number of hydrogen-bond acceptors (Lipinski definition) is 2. The third-order valence-electron chi connectivity index (χ3n) is 2.41. The molecule has 0 amide bonds. The quantitative estimate of drug-likeness (QED) is 0.895. The van der Waals surface area contributed by atoms with E-state index in [-0.39, 0.29) is 0 Å². The first kappa shape index (κ1) is 9.84. The van der Waals surface area contributed by atoms with Crippen molar-refractivity contribution >= 4 is 21.6 Å². The van der Waals surface area contributed by atoms with Gasteiger partial charge in [-0.2, -0.15) is 0 Å². The molecular formula is C11H14BrNO. The van der Waals surface area contributed by atoms with Crippen molar-refractivity contribution in [2.75, 3.05) is 12.4 Å². The van der Waals surface area contributed by atoms with Crippen LogP contribution in [0, 0.1) is 6.92 Å². The van der Waals surface area contributed by atoms with E-state index in [1.807, 2.05) is 6.07 Å². The van der Waals surface area contributed by atoms with Gasteiger partial charge in [0.15, 0.2) is 0 Å². The van der Waals surface area contributed by atoms with Gasteiger partial charge in [-0.3, -0.25) is 0 Å². The number of anilines is 1. The standard InChI is InChI=1S/C11H14BrNO/c1-7-5-8(12)6-10(14-2)11(7)13-9-3-4-9/h5-6,9,13H,3-4H2,1-2H3. The Hall–Kier alpha value is -0.700. The van der Waals surface area contributed by atoms with Crippen molar-refractivity contribution in [1.29, 1.82) is 0 Å². The molecule has 2 rings (SSSR count). The number of hydrogen-bond donors (Lipinski definition) is 1. The molecule has 0 heterocycles. The molecule has 1 aromatic carbocycles. The van der Waals surface area contributed by atoms with Crippen molar-refractivity contribution in [3.63, 3.8) is 0 Å². The Bertz CT molecular complexity index is 347. The molecule has 76 valence electrons. The fourth-order valence-electron chi connectivity index (χ4n) is 1.49. The van der Waals surface area contributed by atoms with Crippen LogP contribution < -0.4 is 10.1 Å². The first-order valence-electron chi connectivity index (χ1n) is 4.81. The summed E-state index contributed by atoms with van der Waals surface area (Å²) >= 11 is 3.46. The van der Waals surface area contributed by atoms with Gasteiger partial charge in [0, 0.05) is 10.5 Å². The van der Waals surface area contributed by atoms with Crippen LogP contribution >= 0.6 is 15.9 Å². The Kier molecular flexibility index (Phi) is 2.68. The van der Waals surface area contributed by atoms with Gasteiger partial charge in [-0.25, -0.2) is 0 Å². The molecule has 3 heteroatoms. The summed E-state index contributed by atoms with van der Waals surface area (Å²) in [4.78, 5) is 0. The first-order valence-corrected chi connectivity index (χ1v) is 5.60. The van der Waals surface area contributed by atoms with Gasteiger partial charge in [0.05, 0.1) is 12.8 Å². The van der Waals surface area contributed by atoms with Crippen molar-refractivity contribution in [3.05, 3.63) is 22.2 Å². The number of benzene rings is 1. The third-order valence-corrected chi connectivity index (χ3v) is 2.87. The van der Waals surface area contributed by atoms with E-state index in [1.165, 1.54) is 18.4 Å². The van der Waals surface area contributed by atoms with Gasteiger partial charge < -0.3 is 10.1 Å². The maximum Gasteiger partial charge on any atom is 0.143 e. The summed E-state index contributed by atoms with van der Waals surface area (Å²) in [6.45, 7) is 2.10. The number of ether oxygens (including phenoxy) is 1. The Morgan fingerprint density at radius 2 is 2.14 bits per heavy atom. The average molecular weight is 256 g/mol. The van der Waals surface area contributed by atoms with E-state index in [4.69, 9.17) is 4.74 Å². The van der Waals surface area contributed by atoms with Crippen LogP contribution in [0.15, 0.2) is 16.6 Å². The number of aryl methyl sites for hydroxylation is 1. The molecule has 1 N–H and O–H groups in total. The number of rotatable bonds is 3. The molecule has 1 fully saturated rings. The van der Waals surface area contributed by atoms with Gasteiger partial charge in [-0.15, -0.1) is 0 Å². The maximum absolute atomic E-state index is 5.34. The van der Waals surface area contributed by atoms with Crippen LogP contribution in [0.5, 0.6) is 5.75 Å². The van der Waals surface area contributed by atoms with E-state index in [9.17, 15) is 0 Å². The van der Waals surface area contributed by atoms with Crippen molar-refractivity contribution in [3.8, 4) is 5.75 Å². The molecule has 0 saturated heterocycles. The van der Waals surface area contributed by atoms with E-state index in [1.54, 1.807) is 7.11 Å². The summed E-state index contributed by atoms with van der Waals surface area (Å²) in [7, 11) is 1.71. The van der Waals surface area contributed by atoms with Crippen molar-refractivity contribution < 1.29 is 4.74 Å². The lowest BCUT2D eigenvalue weighted by atomic mass is 10.2. The molecule has 0 spiro atoms. The molecule has 0 aliphatic heterocycles. The summed E-state index contributed by atoms with van der Waals surface area (Å²) in [5.74, 6) is 0.920. The molecule has 0 aromatic heterocycles. The minimum absolute atomic E-state index is 0.656. The third kappa shape index (κ3) is 2.03. The van der Waals surface area contributed by atoms with Gasteiger partial charge in [0.1, 0.15) is 5.75 Å². The Balaban J connectivity index is 2.33. The molecule has 1 aliphatic carbocycles. The van der Waals surface area contributed by atoms with Gasteiger partial charge >= 0.3 is 0 Å². The van der Waals surface area contributed by atoms with E-state index in [0.717, 1.165) is 15.9 Å². The molecule has 2 nitrogen and oxygen atoms in total. The molecular weight excluding hydrogens is 242 g/mol. The summed E-state index contributed by atoms with van der Waals surface area (Å²) in [5.41, 5.74) is 2.36. The normalized spacial score (nSPS) is 15.4. The molecule has 0 unspecified atom stereocenters. The molecule has 0 radical (unpaired) electrons. The zero-order valence-electron chi connectivity index (χ0n) is 8.43. The molecule has 1 aromatic rings. The maximum atomic E-state index is 5.34. The monoisotopic (exact) mass is 255 g/mol. The number of nitrogens with one attached hydrogen (secondary N) is 1. The predicted molar refractivity (Wildman–Crippen MR) is 62.1 cm³/mol. The van der Waals surface area contributed by atoms with Gasteiger partial charge in [0.25, 0.3) is 0 Å². The van der Waals surface area contributed by atoms with Crippen LogP contribution in [0.25, 0.3) is 0 Å². The smallest absolute Gasteiger partial charge is 0.143 e. The van der Waals surface area contributed by atoms with Gasteiger partial charge in [-0.05, 0) is 37.5 Å². The topological polar surface area (TPSA) is 21.3 Å². The Labute approximate surface area is 92.8 Å². The molecule has 0 bridgehead atoms.